The van der Waals surface area contributed by atoms with Crippen LogP contribution in [0.25, 0.3) is 0 Å². The SMILES string of the molecule is O=C1NS(=O)(=O)CCOC[C@@H](O)[C@@H]2CC[C@H]2CN2C[C@@]3(CCCc4cc(Cl)ccc43)COc3ccc1cc32. The fraction of sp³-hybridized carbons (Fsp3) is 0.536. The van der Waals surface area contributed by atoms with Crippen molar-refractivity contribution >= 4 is 33.2 Å². The topological polar surface area (TPSA) is 105 Å². The number of benzene rings is 2. The standard InChI is InChI=1S/C28H33ClN2O6S/c29-21-5-7-23-18(12-21)2-1-9-28(23)16-31-14-20-3-6-22(20)25(32)15-36-10-11-38(34,35)30-27(33)19-4-8-26(37-17-28)24(31)13-19/h4-5,7-8,12-13,20,22,25,32H,1-3,6,9-11,14-17H2,(H,30,33)/t20-,22+,25+,28-/m0/s1. The summed E-state index contributed by atoms with van der Waals surface area (Å²) in [5.41, 5.74) is 3.27. The Kier molecular flexibility index (Phi) is 6.83. The van der Waals surface area contributed by atoms with Gasteiger partial charge in [-0.25, -0.2) is 13.1 Å². The predicted molar refractivity (Wildman–Crippen MR) is 145 cm³/mol. The predicted octanol–water partition coefficient (Wildman–Crippen LogP) is 3.29. The number of aliphatic hydroxyl groups excluding tert-OH is 1. The van der Waals surface area contributed by atoms with Crippen LogP contribution in [0.15, 0.2) is 36.4 Å². The Morgan fingerprint density at radius 1 is 1.16 bits per heavy atom. The zero-order chi connectivity index (χ0) is 26.5. The molecule has 2 bridgehead atoms. The lowest BCUT2D eigenvalue weighted by atomic mass is 9.68. The first kappa shape index (κ1) is 25.9. The molecule has 2 aromatic rings. The van der Waals surface area contributed by atoms with Crippen LogP contribution in [-0.4, -0.2) is 64.2 Å². The second kappa shape index (κ2) is 10.0. The summed E-state index contributed by atoms with van der Waals surface area (Å²) in [5, 5.41) is 11.6. The van der Waals surface area contributed by atoms with Gasteiger partial charge in [0.25, 0.3) is 5.91 Å². The van der Waals surface area contributed by atoms with Crippen molar-refractivity contribution < 1.29 is 27.8 Å². The Hall–Kier alpha value is -2.33. The van der Waals surface area contributed by atoms with Crippen molar-refractivity contribution in [2.45, 2.75) is 43.6 Å². The highest BCUT2D eigenvalue weighted by Gasteiger charge is 2.44. The number of ether oxygens (including phenoxy) is 2. The number of nitrogens with zero attached hydrogens (tertiary/aromatic N) is 1. The quantitative estimate of drug-likeness (QED) is 0.509. The van der Waals surface area contributed by atoms with E-state index in [0.717, 1.165) is 42.8 Å². The molecular weight excluding hydrogens is 528 g/mol. The zero-order valence-corrected chi connectivity index (χ0v) is 22.8. The molecule has 204 valence electrons. The lowest BCUT2D eigenvalue weighted by molar-refractivity contribution is -0.0392. The van der Waals surface area contributed by atoms with Crippen LogP contribution >= 0.6 is 11.6 Å². The molecule has 1 fully saturated rings. The molecule has 6 rings (SSSR count). The molecule has 10 heteroatoms. The van der Waals surface area contributed by atoms with Crippen LogP contribution in [0.4, 0.5) is 5.69 Å². The summed E-state index contributed by atoms with van der Waals surface area (Å²) >= 11 is 6.35. The Balaban J connectivity index is 1.42. The number of carbonyl (C=O) groups is 1. The van der Waals surface area contributed by atoms with E-state index >= 15 is 0 Å². The van der Waals surface area contributed by atoms with E-state index in [1.54, 1.807) is 18.2 Å². The molecular formula is C28H33ClN2O6S. The van der Waals surface area contributed by atoms with Gasteiger partial charge in [-0.3, -0.25) is 4.79 Å². The van der Waals surface area contributed by atoms with E-state index in [-0.39, 0.29) is 41.8 Å². The second-order valence-electron chi connectivity index (χ2n) is 11.2. The number of fused-ring (bicyclic) bond motifs is 4. The molecule has 1 amide bonds. The zero-order valence-electron chi connectivity index (χ0n) is 21.2. The summed E-state index contributed by atoms with van der Waals surface area (Å²) in [4.78, 5) is 15.3. The molecule has 0 saturated heterocycles. The van der Waals surface area contributed by atoms with E-state index in [4.69, 9.17) is 21.1 Å². The van der Waals surface area contributed by atoms with Crippen molar-refractivity contribution in [3.8, 4) is 5.75 Å². The molecule has 2 aliphatic carbocycles. The second-order valence-corrected chi connectivity index (χ2v) is 13.5. The molecule has 38 heavy (non-hydrogen) atoms. The highest BCUT2D eigenvalue weighted by atomic mass is 35.5. The van der Waals surface area contributed by atoms with E-state index in [9.17, 15) is 18.3 Å². The van der Waals surface area contributed by atoms with Crippen molar-refractivity contribution in [3.05, 3.63) is 58.1 Å². The van der Waals surface area contributed by atoms with Gasteiger partial charge in [0.2, 0.25) is 10.0 Å². The van der Waals surface area contributed by atoms with Gasteiger partial charge in [-0.1, -0.05) is 17.7 Å². The molecule has 2 aromatic carbocycles. The minimum atomic E-state index is -3.89. The van der Waals surface area contributed by atoms with Crippen molar-refractivity contribution in [1.82, 2.24) is 4.72 Å². The highest BCUT2D eigenvalue weighted by molar-refractivity contribution is 7.90. The summed E-state index contributed by atoms with van der Waals surface area (Å²) in [6, 6.07) is 11.2. The number of hydrogen-bond acceptors (Lipinski definition) is 7. The summed E-state index contributed by atoms with van der Waals surface area (Å²) in [5.74, 6) is -0.0461. The number of rotatable bonds is 0. The van der Waals surface area contributed by atoms with Crippen molar-refractivity contribution in [2.24, 2.45) is 11.8 Å². The first-order valence-electron chi connectivity index (χ1n) is 13.3. The van der Waals surface area contributed by atoms with Crippen molar-refractivity contribution in [2.75, 3.05) is 43.6 Å². The van der Waals surface area contributed by atoms with Gasteiger partial charge in [0.15, 0.2) is 0 Å². The number of aryl methyl sites for hydroxylation is 1. The van der Waals surface area contributed by atoms with E-state index < -0.39 is 22.0 Å². The minimum Gasteiger partial charge on any atom is -0.490 e. The number of carbonyl (C=O) groups excluding carboxylic acids is 1. The molecule has 0 unspecified atom stereocenters. The average Bonchev–Trinajstić information content (AvgIpc) is 3.01. The Morgan fingerprint density at radius 3 is 2.84 bits per heavy atom. The van der Waals surface area contributed by atoms with Crippen molar-refractivity contribution in [3.63, 3.8) is 0 Å². The Labute approximate surface area is 228 Å². The van der Waals surface area contributed by atoms with Crippen LogP contribution < -0.4 is 14.4 Å². The lowest BCUT2D eigenvalue weighted by Gasteiger charge is -2.45. The Bertz CT molecular complexity index is 1350. The largest absolute Gasteiger partial charge is 0.490 e. The van der Waals surface area contributed by atoms with Crippen LogP contribution in [0.3, 0.4) is 0 Å². The first-order valence-corrected chi connectivity index (χ1v) is 15.4. The van der Waals surface area contributed by atoms with Gasteiger partial charge in [0.1, 0.15) is 5.75 Å². The summed E-state index contributed by atoms with van der Waals surface area (Å²) in [6.07, 6.45) is 4.17. The number of sulfonamides is 1. The Morgan fingerprint density at radius 2 is 2.03 bits per heavy atom. The molecule has 0 aromatic heterocycles. The van der Waals surface area contributed by atoms with E-state index in [0.29, 0.717) is 25.4 Å². The van der Waals surface area contributed by atoms with Crippen LogP contribution in [-0.2, 0) is 26.6 Å². The van der Waals surface area contributed by atoms with Crippen LogP contribution in [0, 0.1) is 11.8 Å². The molecule has 1 saturated carbocycles. The average molecular weight is 561 g/mol. The number of anilines is 1. The van der Waals surface area contributed by atoms with E-state index in [1.165, 1.54) is 11.1 Å². The number of nitrogens with one attached hydrogen (secondary N) is 1. The maximum absolute atomic E-state index is 13.0. The minimum absolute atomic E-state index is 0.0701. The van der Waals surface area contributed by atoms with Gasteiger partial charge in [-0.15, -0.1) is 0 Å². The van der Waals surface area contributed by atoms with Crippen LogP contribution in [0.1, 0.15) is 47.2 Å². The summed E-state index contributed by atoms with van der Waals surface area (Å²) in [7, 11) is -3.89. The molecule has 4 aliphatic rings. The number of halogens is 1. The van der Waals surface area contributed by atoms with Gasteiger partial charge in [0.05, 0.1) is 37.4 Å². The fourth-order valence-corrected chi connectivity index (χ4v) is 7.65. The molecule has 0 radical (unpaired) electrons. The first-order chi connectivity index (χ1) is 18.2. The molecule has 8 nitrogen and oxygen atoms in total. The fourth-order valence-electron chi connectivity index (χ4n) is 6.61. The van der Waals surface area contributed by atoms with E-state index in [1.807, 2.05) is 6.07 Å². The molecule has 2 aliphatic heterocycles. The third kappa shape index (κ3) is 4.90. The third-order valence-electron chi connectivity index (χ3n) is 8.76. The number of aliphatic hydroxyl groups is 1. The van der Waals surface area contributed by atoms with Gasteiger partial charge in [-0.05, 0) is 85.4 Å². The normalized spacial score (nSPS) is 30.8. The van der Waals surface area contributed by atoms with E-state index in [2.05, 4.69) is 21.8 Å². The number of hydrogen-bond donors (Lipinski definition) is 2. The maximum atomic E-state index is 13.0. The summed E-state index contributed by atoms with van der Waals surface area (Å²) in [6.45, 7) is 1.87. The summed E-state index contributed by atoms with van der Waals surface area (Å²) < 4.78 is 39.1. The molecule has 1 spiro atoms. The smallest absolute Gasteiger partial charge is 0.264 e. The van der Waals surface area contributed by atoms with Gasteiger partial charge >= 0.3 is 0 Å². The third-order valence-corrected chi connectivity index (χ3v) is 10.2. The van der Waals surface area contributed by atoms with Gasteiger partial charge in [-0.2, -0.15) is 0 Å². The number of amides is 1. The molecule has 2 N–H and O–H groups in total. The van der Waals surface area contributed by atoms with Crippen molar-refractivity contribution in [1.29, 1.82) is 0 Å². The monoisotopic (exact) mass is 560 g/mol. The lowest BCUT2D eigenvalue weighted by Crippen LogP contribution is -2.50. The van der Waals surface area contributed by atoms with Gasteiger partial charge < -0.3 is 19.5 Å². The highest BCUT2D eigenvalue weighted by Crippen LogP contribution is 2.46. The van der Waals surface area contributed by atoms with Gasteiger partial charge in [0, 0.05) is 29.1 Å². The van der Waals surface area contributed by atoms with Crippen LogP contribution in [0.2, 0.25) is 5.02 Å². The maximum Gasteiger partial charge on any atom is 0.264 e. The molecule has 2 heterocycles. The van der Waals surface area contributed by atoms with Crippen LogP contribution in [0.5, 0.6) is 5.75 Å². The molecule has 4 atom stereocenters.